The predicted octanol–water partition coefficient (Wildman–Crippen LogP) is -25.0. The molecule has 1 aliphatic heterocycles. The molecule has 0 saturated carbocycles. The summed E-state index contributed by atoms with van der Waals surface area (Å²) in [5, 5.41) is 0. The van der Waals surface area contributed by atoms with Crippen LogP contribution in [0.2, 0.25) is 0 Å². The van der Waals surface area contributed by atoms with Crippen molar-refractivity contribution in [3.8, 4) is 0 Å². The van der Waals surface area contributed by atoms with E-state index in [1.165, 1.54) is 0 Å². The molecule has 0 amide bonds. The third-order valence-corrected chi connectivity index (χ3v) is 10.8. The number of hydrogen-bond acceptors (Lipinski definition) is 30. The molecule has 0 aromatic heterocycles. The Kier molecular flexibility index (Phi) is 60.4. The molecule has 60 heavy (non-hydrogen) atoms. The smallest absolute Gasteiger partial charge is 0.756 e. The molecule has 1 rings (SSSR count). The van der Waals surface area contributed by atoms with Gasteiger partial charge < -0.3 is 29.4 Å². The van der Waals surface area contributed by atoms with E-state index in [1.807, 2.05) is 0 Å². The third kappa shape index (κ3) is 144. The van der Waals surface area contributed by atoms with Gasteiger partial charge in [0.1, 0.15) is 0 Å². The van der Waals surface area contributed by atoms with Crippen LogP contribution in [0.15, 0.2) is 0 Å². The number of hydrogen-bond donors (Lipinski definition) is 12. The summed E-state index contributed by atoms with van der Waals surface area (Å²) in [5.41, 5.74) is 0. The van der Waals surface area contributed by atoms with Crippen molar-refractivity contribution in [1.82, 2.24) is 0 Å². The van der Waals surface area contributed by atoms with E-state index < -0.39 is 109 Å². The summed E-state index contributed by atoms with van der Waals surface area (Å²) in [6, 6.07) is 0. The summed E-state index contributed by atoms with van der Waals surface area (Å²) < 4.78 is 273. The van der Waals surface area contributed by atoms with Gasteiger partial charge in [-0.3, -0.25) is 82.0 Å². The van der Waals surface area contributed by atoms with Gasteiger partial charge in [0.05, 0.1) is 0 Å². The predicted molar refractivity (Wildman–Crippen MR) is 137 cm³/mol. The Labute approximate surface area is 466 Å². The van der Waals surface area contributed by atoms with Gasteiger partial charge in [-0.25, -0.2) is 25.9 Å². The van der Waals surface area contributed by atoms with E-state index in [0.29, 0.717) is 0 Å². The molecule has 1 fully saturated rings. The van der Waals surface area contributed by atoms with E-state index >= 15 is 0 Å². The van der Waals surface area contributed by atoms with E-state index in [-0.39, 0.29) is 177 Å². The number of rotatable bonds is 0. The van der Waals surface area contributed by atoms with Crippen LogP contribution in [0.3, 0.4) is 0 Å². The molecular weight excluding hydrogens is 1190 g/mol. The maximum absolute atomic E-state index is 11.0. The first kappa shape index (κ1) is 95.7. The summed E-state index contributed by atoms with van der Waals surface area (Å²) in [6.45, 7) is 0. The maximum atomic E-state index is 11.0. The van der Waals surface area contributed by atoms with Crippen LogP contribution in [-0.4, -0.2) is 105 Å². The molecule has 1 saturated heterocycles. The van der Waals surface area contributed by atoms with Gasteiger partial charge in [-0.2, -0.15) is 50.5 Å². The molecule has 1 heterocycles. The van der Waals surface area contributed by atoms with E-state index in [2.05, 4.69) is 25.9 Å². The van der Waals surface area contributed by atoms with Gasteiger partial charge in [0, 0.05) is 0 Å². The van der Waals surface area contributed by atoms with E-state index in [4.69, 9.17) is 105 Å². The zero-order valence-corrected chi connectivity index (χ0v) is 51.0. The van der Waals surface area contributed by atoms with Crippen molar-refractivity contribution in [3.05, 3.63) is 0 Å². The molecule has 0 aliphatic carbocycles. The zero-order valence-electron chi connectivity index (χ0n) is 28.7. The third-order valence-electron chi connectivity index (χ3n) is 1.20. The second kappa shape index (κ2) is 37.8. The average molecular weight is 1200 g/mol. The van der Waals surface area contributed by atoms with Gasteiger partial charge >= 0.3 is 240 Å². The van der Waals surface area contributed by atoms with Crippen LogP contribution in [0.25, 0.3) is 0 Å². The van der Waals surface area contributed by atoms with Crippen molar-refractivity contribution in [2.45, 2.75) is 0 Å². The SMILES string of the molecule is O=P1([O-])OP(=O)([O-])OP(=O)([O-])OP(=O)([O-])OP(=O)([O-])OP(=O)([O-])O1.O=S(=O)(O)O.O=S(=O)(O)O.O=S(=O)(O)O.O=S(=O)(O)O.O=S(=O)(O)O.O=S(=O)(O)O.[Na+].[Na+].[Na+].[Na+].[Na+].[Na+]. The molecule has 0 atom stereocenters. The Balaban J connectivity index is -0.0000000529. The molecule has 12 N–H and O–H groups in total. The van der Waals surface area contributed by atoms with Gasteiger partial charge in [0.2, 0.25) is 0 Å². The minimum atomic E-state index is -6.56. The largest absolute Gasteiger partial charge is 1.00 e. The summed E-state index contributed by atoms with van der Waals surface area (Å²) in [6.07, 6.45) is 0. The van der Waals surface area contributed by atoms with Gasteiger partial charge in [-0.15, -0.1) is 0 Å². The van der Waals surface area contributed by atoms with Crippen molar-refractivity contribution < 1.29 is 365 Å². The fourth-order valence-electron chi connectivity index (χ4n) is 0.824. The van der Waals surface area contributed by atoms with Gasteiger partial charge in [-0.1, -0.05) is 0 Å². The first-order chi connectivity index (χ1) is 22.2. The molecule has 336 valence electrons. The molecule has 0 bridgehead atoms. The molecule has 0 spiro atoms. The molecule has 1 aliphatic rings. The topological polar surface area (TPSA) is 744 Å². The summed E-state index contributed by atoms with van der Waals surface area (Å²) in [5.74, 6) is 0. The summed E-state index contributed by atoms with van der Waals surface area (Å²) >= 11 is 0. The van der Waals surface area contributed by atoms with E-state index in [0.717, 1.165) is 0 Å². The fraction of sp³-hybridized carbons (Fsp3) is 0. The Bertz CT molecular complexity index is 1680. The van der Waals surface area contributed by atoms with Crippen molar-refractivity contribution in [2.24, 2.45) is 0 Å². The normalized spacial score (nSPS) is 27.9. The van der Waals surface area contributed by atoms with Crippen LogP contribution in [-0.2, 0) is 116 Å². The summed E-state index contributed by atoms with van der Waals surface area (Å²) in [4.78, 5) is 65.8. The Hall–Kier alpha value is 6.12. The van der Waals surface area contributed by atoms with Crippen LogP contribution in [0.5, 0.6) is 0 Å². The maximum Gasteiger partial charge on any atom is 1.00 e. The van der Waals surface area contributed by atoms with Crippen LogP contribution < -0.4 is 207 Å². The van der Waals surface area contributed by atoms with E-state index in [1.54, 1.807) is 0 Å². The second-order valence-electron chi connectivity index (χ2n) is 5.86. The minimum absolute atomic E-state index is 0. The zero-order chi connectivity index (χ0) is 46.2. The molecular formula is H12Na6O42P6S6. The second-order valence-corrected chi connectivity index (χ2v) is 20.5. The molecule has 0 unspecified atom stereocenters. The summed E-state index contributed by atoms with van der Waals surface area (Å²) in [7, 11) is -67.3. The van der Waals surface area contributed by atoms with Crippen molar-refractivity contribution in [3.63, 3.8) is 0 Å². The average Bonchev–Trinajstić information content (AvgIpc) is 2.50. The van der Waals surface area contributed by atoms with Crippen molar-refractivity contribution >= 4 is 109 Å². The minimum Gasteiger partial charge on any atom is -0.756 e. The monoisotopic (exact) mass is 1200 g/mol. The Morgan fingerprint density at radius 1 is 0.233 bits per heavy atom. The van der Waals surface area contributed by atoms with Gasteiger partial charge in [0.25, 0.3) is 46.9 Å². The standard InChI is InChI=1S/6Na.H6O18P6.6H2O4S/c;;;;;;1-19(2)13-20(3,4)15-22(7,8)17-24(11,12)18-23(9,10)16-21(5,6)14-19;6*1-5(2,3)4/h;;;;;;(H,1,2)(H,3,4)(H,5,6)(H,7,8)(H,9,10)(H,11,12);6*(H2,1,2,3,4)/q6*+1;;;;;;;/p-6. The number of phosphoric acid groups is 6. The Morgan fingerprint density at radius 3 is 0.300 bits per heavy atom. The first-order valence-corrected chi connectivity index (χ1v) is 25.7. The Morgan fingerprint density at radius 2 is 0.267 bits per heavy atom. The van der Waals surface area contributed by atoms with Crippen LogP contribution in [0, 0.1) is 0 Å². The fourth-order valence-corrected chi connectivity index (χ4v) is 9.03. The van der Waals surface area contributed by atoms with Crippen LogP contribution >= 0.6 is 46.9 Å². The van der Waals surface area contributed by atoms with Crippen molar-refractivity contribution in [1.29, 1.82) is 0 Å². The molecule has 0 aromatic carbocycles. The van der Waals surface area contributed by atoms with Gasteiger partial charge in [-0.05, 0) is 0 Å². The molecule has 42 nitrogen and oxygen atoms in total. The molecule has 0 aromatic rings. The van der Waals surface area contributed by atoms with Crippen LogP contribution in [0.1, 0.15) is 0 Å². The van der Waals surface area contributed by atoms with Crippen LogP contribution in [0.4, 0.5) is 0 Å². The van der Waals surface area contributed by atoms with Gasteiger partial charge in [0.15, 0.2) is 0 Å². The van der Waals surface area contributed by atoms with E-state index in [9.17, 15) is 56.8 Å². The van der Waals surface area contributed by atoms with Crippen molar-refractivity contribution in [2.75, 3.05) is 0 Å². The quantitative estimate of drug-likeness (QED) is 0.0609. The molecule has 0 radical (unpaired) electrons. The first-order valence-electron chi connectivity index (χ1n) is 8.57. The molecule has 60 heteroatoms.